The summed E-state index contributed by atoms with van der Waals surface area (Å²) in [5.74, 6) is 0.104. The van der Waals surface area contributed by atoms with E-state index in [0.717, 1.165) is 17.7 Å². The number of anilines is 1. The summed E-state index contributed by atoms with van der Waals surface area (Å²) in [6, 6.07) is 6.44. The first-order valence-corrected chi connectivity index (χ1v) is 8.08. The molecule has 1 fully saturated rings. The van der Waals surface area contributed by atoms with E-state index in [-0.39, 0.29) is 18.0 Å². The number of rotatable bonds is 1. The molecule has 6 heteroatoms. The fourth-order valence-corrected chi connectivity index (χ4v) is 4.17. The quantitative estimate of drug-likeness (QED) is 0.836. The summed E-state index contributed by atoms with van der Waals surface area (Å²) in [4.78, 5) is 12.9. The van der Waals surface area contributed by atoms with Gasteiger partial charge in [-0.2, -0.15) is 5.11 Å². The third kappa shape index (κ3) is 2.05. The zero-order chi connectivity index (χ0) is 16.2. The van der Waals surface area contributed by atoms with Crippen molar-refractivity contribution in [3.8, 4) is 0 Å². The largest absolute Gasteiger partial charge is 0.325 e. The zero-order valence-electron chi connectivity index (χ0n) is 13.6. The molecule has 3 heterocycles. The normalized spacial score (nSPS) is 38.1. The molecule has 0 bridgehead atoms. The van der Waals surface area contributed by atoms with E-state index in [0.29, 0.717) is 6.42 Å². The summed E-state index contributed by atoms with van der Waals surface area (Å²) >= 11 is 0. The standard InChI is InChI=1S/C17H21N5O/c1-10-4-5-13-12(6-10)17(15(23)20-13)7-11(2)19-14(8-17)16(3)9-18-22-21-16/h4-6,9,11,14,19H,7-8H2,1-3H3,(H,20,23)/t11-,14-,16?,17-/m0/s1. The lowest BCUT2D eigenvalue weighted by Gasteiger charge is -2.44. The van der Waals surface area contributed by atoms with E-state index < -0.39 is 11.0 Å². The second-order valence-corrected chi connectivity index (χ2v) is 7.27. The number of fused-ring (bicyclic) bond motifs is 2. The van der Waals surface area contributed by atoms with Crippen LogP contribution in [0.15, 0.2) is 33.6 Å². The topological polar surface area (TPSA) is 78.2 Å². The van der Waals surface area contributed by atoms with Gasteiger partial charge >= 0.3 is 0 Å². The number of aryl methyl sites for hydroxylation is 1. The van der Waals surface area contributed by atoms with Crippen LogP contribution in [-0.4, -0.2) is 29.7 Å². The van der Waals surface area contributed by atoms with Crippen LogP contribution in [0.2, 0.25) is 0 Å². The Labute approximate surface area is 135 Å². The maximum absolute atomic E-state index is 12.9. The molecular weight excluding hydrogens is 290 g/mol. The van der Waals surface area contributed by atoms with Crippen LogP contribution in [0.3, 0.4) is 0 Å². The average molecular weight is 311 g/mol. The molecule has 1 amide bonds. The smallest absolute Gasteiger partial charge is 0.235 e. The predicted molar refractivity (Wildman–Crippen MR) is 88.9 cm³/mol. The molecule has 120 valence electrons. The Bertz CT molecular complexity index is 728. The number of hydrogen-bond acceptors (Lipinski definition) is 5. The number of amides is 1. The van der Waals surface area contributed by atoms with Gasteiger partial charge in [-0.05, 0) is 50.5 Å². The molecule has 4 rings (SSSR count). The van der Waals surface area contributed by atoms with E-state index in [2.05, 4.69) is 46.0 Å². The van der Waals surface area contributed by atoms with Gasteiger partial charge in [0, 0.05) is 17.8 Å². The van der Waals surface area contributed by atoms with Gasteiger partial charge in [0.1, 0.15) is 5.54 Å². The maximum Gasteiger partial charge on any atom is 0.235 e. The van der Waals surface area contributed by atoms with E-state index >= 15 is 0 Å². The van der Waals surface area contributed by atoms with Crippen molar-refractivity contribution in [3.05, 3.63) is 29.3 Å². The summed E-state index contributed by atoms with van der Waals surface area (Å²) in [6.07, 6.45) is 3.26. The zero-order valence-corrected chi connectivity index (χ0v) is 13.6. The van der Waals surface area contributed by atoms with Gasteiger partial charge in [0.2, 0.25) is 5.91 Å². The number of carbonyl (C=O) groups is 1. The Morgan fingerprint density at radius 3 is 2.87 bits per heavy atom. The SMILES string of the molecule is Cc1ccc2c(c1)[C@]1(C[C@@H](C3(C)C=NN=N3)N[C@@H](C)C1)C(=O)N2. The van der Waals surface area contributed by atoms with Crippen molar-refractivity contribution < 1.29 is 4.79 Å². The van der Waals surface area contributed by atoms with Gasteiger partial charge in [-0.3, -0.25) is 4.79 Å². The summed E-state index contributed by atoms with van der Waals surface area (Å²) in [6.45, 7) is 6.21. The van der Waals surface area contributed by atoms with Crippen molar-refractivity contribution in [1.29, 1.82) is 0 Å². The van der Waals surface area contributed by atoms with E-state index in [4.69, 9.17) is 0 Å². The van der Waals surface area contributed by atoms with Crippen LogP contribution in [-0.2, 0) is 10.2 Å². The van der Waals surface area contributed by atoms with Gasteiger partial charge in [-0.1, -0.05) is 17.7 Å². The number of carbonyl (C=O) groups excluding carboxylic acids is 1. The molecule has 23 heavy (non-hydrogen) atoms. The van der Waals surface area contributed by atoms with E-state index in [9.17, 15) is 4.79 Å². The number of piperidine rings is 1. The Kier molecular flexibility index (Phi) is 2.97. The Morgan fingerprint density at radius 1 is 1.30 bits per heavy atom. The first-order valence-electron chi connectivity index (χ1n) is 8.08. The number of hydrogen-bond donors (Lipinski definition) is 2. The molecular formula is C17H21N5O. The minimum Gasteiger partial charge on any atom is -0.325 e. The average Bonchev–Trinajstić information content (AvgIpc) is 3.05. The van der Waals surface area contributed by atoms with Crippen molar-refractivity contribution in [2.24, 2.45) is 15.4 Å². The highest BCUT2D eigenvalue weighted by Gasteiger charge is 2.54. The second kappa shape index (κ2) is 4.71. The Balaban J connectivity index is 1.79. The fraction of sp³-hybridized carbons (Fsp3) is 0.529. The molecule has 2 N–H and O–H groups in total. The van der Waals surface area contributed by atoms with Crippen LogP contribution in [0.4, 0.5) is 5.69 Å². The summed E-state index contributed by atoms with van der Waals surface area (Å²) in [5, 5.41) is 18.7. The number of nitrogens with zero attached hydrogens (tertiary/aromatic N) is 3. The molecule has 1 unspecified atom stereocenters. The maximum atomic E-state index is 12.9. The molecule has 0 saturated carbocycles. The monoisotopic (exact) mass is 311 g/mol. The van der Waals surface area contributed by atoms with Gasteiger partial charge in [0.25, 0.3) is 0 Å². The van der Waals surface area contributed by atoms with Crippen LogP contribution in [0.5, 0.6) is 0 Å². The van der Waals surface area contributed by atoms with E-state index in [1.54, 1.807) is 6.21 Å². The highest BCUT2D eigenvalue weighted by atomic mass is 16.2. The third-order valence-corrected chi connectivity index (χ3v) is 5.40. The molecule has 1 spiro atoms. The van der Waals surface area contributed by atoms with Crippen LogP contribution >= 0.6 is 0 Å². The lowest BCUT2D eigenvalue weighted by Crippen LogP contribution is -2.60. The third-order valence-electron chi connectivity index (χ3n) is 5.40. The van der Waals surface area contributed by atoms with Crippen molar-refractivity contribution in [1.82, 2.24) is 5.32 Å². The molecule has 0 aromatic heterocycles. The minimum absolute atomic E-state index is 0.0264. The molecule has 4 atom stereocenters. The van der Waals surface area contributed by atoms with Crippen LogP contribution < -0.4 is 10.6 Å². The lowest BCUT2D eigenvalue weighted by molar-refractivity contribution is -0.122. The van der Waals surface area contributed by atoms with Gasteiger partial charge < -0.3 is 10.6 Å². The highest BCUT2D eigenvalue weighted by molar-refractivity contribution is 6.06. The molecule has 3 aliphatic rings. The summed E-state index contributed by atoms with van der Waals surface area (Å²) in [5.41, 5.74) is 2.26. The van der Waals surface area contributed by atoms with E-state index in [1.165, 1.54) is 5.56 Å². The van der Waals surface area contributed by atoms with Gasteiger partial charge in [-0.25, -0.2) is 0 Å². The molecule has 3 aliphatic heterocycles. The molecule has 0 radical (unpaired) electrons. The van der Waals surface area contributed by atoms with E-state index in [1.807, 2.05) is 19.1 Å². The highest BCUT2D eigenvalue weighted by Crippen LogP contribution is 2.48. The number of benzene rings is 1. The van der Waals surface area contributed by atoms with Crippen molar-refractivity contribution in [2.75, 3.05) is 5.32 Å². The molecule has 1 aromatic carbocycles. The molecule has 6 nitrogen and oxygen atoms in total. The number of nitrogens with one attached hydrogen (secondary N) is 2. The van der Waals surface area contributed by atoms with Crippen LogP contribution in [0, 0.1) is 6.92 Å². The lowest BCUT2D eigenvalue weighted by atomic mass is 9.66. The first kappa shape index (κ1) is 14.5. The van der Waals surface area contributed by atoms with Crippen LogP contribution in [0.1, 0.15) is 37.8 Å². The minimum atomic E-state index is -0.494. The predicted octanol–water partition coefficient (Wildman–Crippen LogP) is 2.54. The van der Waals surface area contributed by atoms with Gasteiger partial charge in [-0.15, -0.1) is 5.10 Å². The molecule has 1 aromatic rings. The summed E-state index contributed by atoms with van der Waals surface area (Å²) < 4.78 is 0. The first-order chi connectivity index (χ1) is 10.9. The van der Waals surface area contributed by atoms with Crippen molar-refractivity contribution >= 4 is 17.8 Å². The molecule has 0 aliphatic carbocycles. The van der Waals surface area contributed by atoms with Gasteiger partial charge in [0.05, 0.1) is 11.6 Å². The Hall–Kier alpha value is -2.08. The Morgan fingerprint density at radius 2 is 2.13 bits per heavy atom. The molecule has 1 saturated heterocycles. The summed E-state index contributed by atoms with van der Waals surface area (Å²) in [7, 11) is 0. The van der Waals surface area contributed by atoms with Gasteiger partial charge in [0.15, 0.2) is 0 Å². The van der Waals surface area contributed by atoms with Crippen LogP contribution in [0.25, 0.3) is 0 Å². The second-order valence-electron chi connectivity index (χ2n) is 7.27. The van der Waals surface area contributed by atoms with Crippen molar-refractivity contribution in [3.63, 3.8) is 0 Å². The fourth-order valence-electron chi connectivity index (χ4n) is 4.17. The van der Waals surface area contributed by atoms with Crippen molar-refractivity contribution in [2.45, 2.75) is 56.7 Å².